The summed E-state index contributed by atoms with van der Waals surface area (Å²) < 4.78 is 0. The molecule has 1 rings (SSSR count). The van der Waals surface area contributed by atoms with Crippen molar-refractivity contribution < 1.29 is 10.2 Å². The summed E-state index contributed by atoms with van der Waals surface area (Å²) in [6, 6.07) is 7.50. The van der Waals surface area contributed by atoms with Gasteiger partial charge in [0.05, 0.1) is 6.10 Å². The molecule has 1 aromatic rings. The summed E-state index contributed by atoms with van der Waals surface area (Å²) in [6.07, 6.45) is -1.24. The molecule has 4 heteroatoms. The zero-order chi connectivity index (χ0) is 11.3. The predicted molar refractivity (Wildman–Crippen MR) is 63.7 cm³/mol. The van der Waals surface area contributed by atoms with Crippen LogP contribution in [0.25, 0.3) is 0 Å². The van der Waals surface area contributed by atoms with E-state index in [0.29, 0.717) is 13.0 Å². The van der Waals surface area contributed by atoms with Gasteiger partial charge in [0.2, 0.25) is 0 Å². The third-order valence-electron chi connectivity index (χ3n) is 2.27. The quantitative estimate of drug-likeness (QED) is 0.709. The van der Waals surface area contributed by atoms with E-state index in [0.717, 1.165) is 16.5 Å². The van der Waals surface area contributed by atoms with Gasteiger partial charge in [-0.25, -0.2) is 0 Å². The van der Waals surface area contributed by atoms with E-state index in [1.165, 1.54) is 0 Å². The summed E-state index contributed by atoms with van der Waals surface area (Å²) in [5.74, 6) is 0. The number of hydrogen-bond donors (Lipinski definition) is 3. The molecule has 3 nitrogen and oxygen atoms in total. The van der Waals surface area contributed by atoms with Gasteiger partial charge in [0.15, 0.2) is 0 Å². The van der Waals surface area contributed by atoms with E-state index in [4.69, 9.17) is 5.73 Å². The predicted octanol–water partition coefficient (Wildman–Crippen LogP) is 1.32. The molecule has 0 heterocycles. The molecule has 84 valence electrons. The fourth-order valence-electron chi connectivity index (χ4n) is 1.41. The van der Waals surface area contributed by atoms with E-state index in [9.17, 15) is 10.2 Å². The van der Waals surface area contributed by atoms with Gasteiger partial charge in [-0.15, -0.1) is 0 Å². The van der Waals surface area contributed by atoms with Crippen molar-refractivity contribution >= 4 is 15.9 Å². The van der Waals surface area contributed by atoms with Gasteiger partial charge in [-0.3, -0.25) is 0 Å². The van der Waals surface area contributed by atoms with Gasteiger partial charge in [0.25, 0.3) is 0 Å². The number of nitrogens with two attached hydrogens (primary N) is 1. The maximum atomic E-state index is 9.82. The average Bonchev–Trinajstić information content (AvgIpc) is 2.28. The Morgan fingerprint density at radius 1 is 1.33 bits per heavy atom. The van der Waals surface area contributed by atoms with Gasteiger partial charge in [-0.05, 0) is 24.1 Å². The summed E-state index contributed by atoms with van der Waals surface area (Å²) in [4.78, 5) is 0. The van der Waals surface area contributed by atoms with Crippen LogP contribution in [0.3, 0.4) is 0 Å². The summed E-state index contributed by atoms with van der Waals surface area (Å²) in [6.45, 7) is 0.371. The molecule has 1 aromatic carbocycles. The largest absolute Gasteiger partial charge is 0.390 e. The summed E-state index contributed by atoms with van der Waals surface area (Å²) in [5.41, 5.74) is 7.13. The molecule has 0 fully saturated rings. The Balaban J connectivity index is 2.76. The molecular weight excluding hydrogens is 258 g/mol. The minimum atomic E-state index is -0.854. The van der Waals surface area contributed by atoms with E-state index in [2.05, 4.69) is 15.9 Å². The first kappa shape index (κ1) is 12.6. The first-order valence-corrected chi connectivity index (χ1v) is 6.02. The zero-order valence-corrected chi connectivity index (χ0v) is 10.0. The molecule has 2 unspecified atom stereocenters. The van der Waals surface area contributed by atoms with Gasteiger partial charge in [0.1, 0.15) is 6.10 Å². The van der Waals surface area contributed by atoms with Gasteiger partial charge in [-0.1, -0.05) is 40.2 Å². The number of hydrogen-bond acceptors (Lipinski definition) is 3. The Labute approximate surface area is 98.1 Å². The van der Waals surface area contributed by atoms with Crippen molar-refractivity contribution in [2.75, 3.05) is 6.54 Å². The molecule has 0 saturated carbocycles. The van der Waals surface area contributed by atoms with E-state index >= 15 is 0 Å². The fourth-order valence-corrected chi connectivity index (χ4v) is 1.76. The van der Waals surface area contributed by atoms with Crippen molar-refractivity contribution in [3.05, 3.63) is 35.4 Å². The SMILES string of the molecule is NCCC(O)C(O)c1cccc(CBr)c1. The summed E-state index contributed by atoms with van der Waals surface area (Å²) in [7, 11) is 0. The lowest BCUT2D eigenvalue weighted by molar-refractivity contribution is 0.0150. The zero-order valence-electron chi connectivity index (χ0n) is 8.44. The van der Waals surface area contributed by atoms with Crippen molar-refractivity contribution in [2.45, 2.75) is 24.0 Å². The van der Waals surface area contributed by atoms with E-state index < -0.39 is 12.2 Å². The summed E-state index contributed by atoms with van der Waals surface area (Å²) >= 11 is 3.34. The standard InChI is InChI=1S/C11H16BrNO2/c12-7-8-2-1-3-9(6-8)11(15)10(14)4-5-13/h1-3,6,10-11,14-15H,4-5,7,13H2. The molecule has 0 amide bonds. The minimum Gasteiger partial charge on any atom is -0.390 e. The number of rotatable bonds is 5. The van der Waals surface area contributed by atoms with Crippen molar-refractivity contribution in [1.82, 2.24) is 0 Å². The molecule has 0 bridgehead atoms. The van der Waals surface area contributed by atoms with Crippen LogP contribution in [0.1, 0.15) is 23.7 Å². The van der Waals surface area contributed by atoms with Crippen LogP contribution < -0.4 is 5.73 Å². The number of alkyl halides is 1. The highest BCUT2D eigenvalue weighted by Gasteiger charge is 2.17. The van der Waals surface area contributed by atoms with Crippen molar-refractivity contribution in [2.24, 2.45) is 5.73 Å². The molecule has 0 aliphatic heterocycles. The van der Waals surface area contributed by atoms with E-state index in [1.807, 2.05) is 18.2 Å². The van der Waals surface area contributed by atoms with Crippen molar-refractivity contribution in [3.63, 3.8) is 0 Å². The molecule has 0 spiro atoms. The molecule has 0 aliphatic carbocycles. The summed E-state index contributed by atoms with van der Waals surface area (Å²) in [5, 5.41) is 20.1. The number of aliphatic hydroxyl groups excluding tert-OH is 2. The Kier molecular flexibility index (Phi) is 5.25. The smallest absolute Gasteiger partial charge is 0.105 e. The van der Waals surface area contributed by atoms with Crippen LogP contribution >= 0.6 is 15.9 Å². The van der Waals surface area contributed by atoms with Crippen LogP contribution in [0.4, 0.5) is 0 Å². The van der Waals surface area contributed by atoms with Gasteiger partial charge < -0.3 is 15.9 Å². The Bertz CT molecular complexity index is 306. The lowest BCUT2D eigenvalue weighted by Crippen LogP contribution is -2.21. The second kappa shape index (κ2) is 6.23. The second-order valence-corrected chi connectivity index (χ2v) is 4.03. The highest BCUT2D eigenvalue weighted by atomic mass is 79.9. The average molecular weight is 274 g/mol. The van der Waals surface area contributed by atoms with Crippen LogP contribution in [0.2, 0.25) is 0 Å². The third-order valence-corrected chi connectivity index (χ3v) is 2.92. The normalized spacial score (nSPS) is 14.9. The number of aliphatic hydroxyl groups is 2. The van der Waals surface area contributed by atoms with Crippen molar-refractivity contribution in [1.29, 1.82) is 0 Å². The van der Waals surface area contributed by atoms with Crippen LogP contribution in [-0.2, 0) is 5.33 Å². The first-order chi connectivity index (χ1) is 7.19. The third kappa shape index (κ3) is 3.57. The van der Waals surface area contributed by atoms with E-state index in [-0.39, 0.29) is 0 Å². The van der Waals surface area contributed by atoms with Crippen molar-refractivity contribution in [3.8, 4) is 0 Å². The lowest BCUT2D eigenvalue weighted by Gasteiger charge is -2.17. The van der Waals surface area contributed by atoms with Gasteiger partial charge in [0, 0.05) is 5.33 Å². The fraction of sp³-hybridized carbons (Fsp3) is 0.455. The molecule has 0 aromatic heterocycles. The van der Waals surface area contributed by atoms with E-state index in [1.54, 1.807) is 6.07 Å². The molecular formula is C11H16BrNO2. The Morgan fingerprint density at radius 2 is 2.07 bits per heavy atom. The Morgan fingerprint density at radius 3 is 2.67 bits per heavy atom. The topological polar surface area (TPSA) is 66.5 Å². The van der Waals surface area contributed by atoms with Crippen LogP contribution in [0.15, 0.2) is 24.3 Å². The first-order valence-electron chi connectivity index (χ1n) is 4.90. The molecule has 0 saturated heterocycles. The molecule has 0 radical (unpaired) electrons. The van der Waals surface area contributed by atoms with Gasteiger partial charge in [-0.2, -0.15) is 0 Å². The molecule has 4 N–H and O–H groups in total. The maximum absolute atomic E-state index is 9.82. The maximum Gasteiger partial charge on any atom is 0.105 e. The Hall–Kier alpha value is -0.420. The molecule has 2 atom stereocenters. The van der Waals surface area contributed by atoms with Crippen LogP contribution in [0, 0.1) is 0 Å². The van der Waals surface area contributed by atoms with Gasteiger partial charge >= 0.3 is 0 Å². The van der Waals surface area contributed by atoms with Crippen LogP contribution in [-0.4, -0.2) is 22.9 Å². The monoisotopic (exact) mass is 273 g/mol. The minimum absolute atomic E-state index is 0.371. The molecule has 15 heavy (non-hydrogen) atoms. The number of benzene rings is 1. The number of halogens is 1. The lowest BCUT2D eigenvalue weighted by atomic mass is 10.0. The highest BCUT2D eigenvalue weighted by molar-refractivity contribution is 9.08. The highest BCUT2D eigenvalue weighted by Crippen LogP contribution is 2.20. The second-order valence-electron chi connectivity index (χ2n) is 3.47. The molecule has 0 aliphatic rings. The van der Waals surface area contributed by atoms with Crippen LogP contribution in [0.5, 0.6) is 0 Å².